The molecular weight excluding hydrogens is 292 g/mol. The van der Waals surface area contributed by atoms with Gasteiger partial charge in [0.2, 0.25) is 10.0 Å². The molecule has 0 amide bonds. The molecule has 0 unspecified atom stereocenters. The predicted octanol–water partition coefficient (Wildman–Crippen LogP) is 0.512. The molecule has 0 bridgehead atoms. The molecule has 9 heteroatoms. The van der Waals surface area contributed by atoms with Crippen molar-refractivity contribution in [3.8, 4) is 0 Å². The third kappa shape index (κ3) is 2.41. The Kier molecular flexibility index (Phi) is 3.22. The second kappa shape index (κ2) is 4.93. The zero-order chi connectivity index (χ0) is 15.0. The SMILES string of the molecule is CN(Cc1nncn1C)S(=O)(=O)c1ccc2nc[nH]c2c1. The van der Waals surface area contributed by atoms with Gasteiger partial charge < -0.3 is 9.55 Å². The Morgan fingerprint density at radius 2 is 2.19 bits per heavy atom. The number of benzene rings is 1. The first kappa shape index (κ1) is 13.7. The van der Waals surface area contributed by atoms with E-state index in [9.17, 15) is 8.42 Å². The second-order valence-corrected chi connectivity index (χ2v) is 6.75. The van der Waals surface area contributed by atoms with Crippen molar-refractivity contribution in [2.75, 3.05) is 7.05 Å². The lowest BCUT2D eigenvalue weighted by molar-refractivity contribution is 0.450. The number of H-pyrrole nitrogens is 1. The van der Waals surface area contributed by atoms with Crippen LogP contribution in [0.25, 0.3) is 11.0 Å². The zero-order valence-electron chi connectivity index (χ0n) is 11.6. The summed E-state index contributed by atoms with van der Waals surface area (Å²) in [5, 5.41) is 7.64. The van der Waals surface area contributed by atoms with Crippen LogP contribution in [-0.4, -0.2) is 44.5 Å². The van der Waals surface area contributed by atoms with Crippen LogP contribution in [0, 0.1) is 0 Å². The highest BCUT2D eigenvalue weighted by Crippen LogP contribution is 2.20. The molecule has 0 aliphatic carbocycles. The maximum absolute atomic E-state index is 12.6. The summed E-state index contributed by atoms with van der Waals surface area (Å²) in [4.78, 5) is 7.19. The number of hydrogen-bond acceptors (Lipinski definition) is 5. The summed E-state index contributed by atoms with van der Waals surface area (Å²) in [7, 11) is -0.311. The first-order valence-corrected chi connectivity index (χ1v) is 7.65. The van der Waals surface area contributed by atoms with Gasteiger partial charge in [0.15, 0.2) is 0 Å². The van der Waals surface area contributed by atoms with Crippen LogP contribution in [0.15, 0.2) is 35.7 Å². The Morgan fingerprint density at radius 3 is 2.90 bits per heavy atom. The predicted molar refractivity (Wildman–Crippen MR) is 75.7 cm³/mol. The average Bonchev–Trinajstić information content (AvgIpc) is 3.07. The van der Waals surface area contributed by atoms with Crippen LogP contribution in [0.5, 0.6) is 0 Å². The lowest BCUT2D eigenvalue weighted by Crippen LogP contribution is -2.27. The minimum absolute atomic E-state index is 0.153. The summed E-state index contributed by atoms with van der Waals surface area (Å²) in [6, 6.07) is 4.80. The number of imidazole rings is 1. The number of nitrogens with zero attached hydrogens (tertiary/aromatic N) is 5. The van der Waals surface area contributed by atoms with Crippen LogP contribution < -0.4 is 0 Å². The fraction of sp³-hybridized carbons (Fsp3) is 0.250. The third-order valence-electron chi connectivity index (χ3n) is 3.27. The zero-order valence-corrected chi connectivity index (χ0v) is 12.4. The van der Waals surface area contributed by atoms with Gasteiger partial charge in [0.05, 0.1) is 28.8 Å². The first-order chi connectivity index (χ1) is 9.98. The molecule has 2 aromatic heterocycles. The third-order valence-corrected chi connectivity index (χ3v) is 5.07. The van der Waals surface area contributed by atoms with Crippen LogP contribution in [-0.2, 0) is 23.6 Å². The van der Waals surface area contributed by atoms with Crippen molar-refractivity contribution >= 4 is 21.1 Å². The Hall–Kier alpha value is -2.26. The fourth-order valence-electron chi connectivity index (χ4n) is 1.99. The van der Waals surface area contributed by atoms with Gasteiger partial charge in [-0.1, -0.05) is 0 Å². The van der Waals surface area contributed by atoms with Gasteiger partial charge in [0.1, 0.15) is 12.2 Å². The molecule has 8 nitrogen and oxygen atoms in total. The van der Waals surface area contributed by atoms with Crippen molar-refractivity contribution < 1.29 is 8.42 Å². The Labute approximate surface area is 121 Å². The minimum atomic E-state index is -3.60. The van der Waals surface area contributed by atoms with E-state index >= 15 is 0 Å². The van der Waals surface area contributed by atoms with Gasteiger partial charge in [0.25, 0.3) is 0 Å². The Bertz CT molecular complexity index is 882. The number of nitrogens with one attached hydrogen (secondary N) is 1. The van der Waals surface area contributed by atoms with Crippen LogP contribution in [0.2, 0.25) is 0 Å². The molecule has 21 heavy (non-hydrogen) atoms. The molecule has 3 aromatic rings. The smallest absolute Gasteiger partial charge is 0.243 e. The van der Waals surface area contributed by atoms with E-state index in [-0.39, 0.29) is 11.4 Å². The van der Waals surface area contributed by atoms with Crippen molar-refractivity contribution in [3.05, 3.63) is 36.7 Å². The molecule has 0 aliphatic rings. The van der Waals surface area contributed by atoms with Crippen LogP contribution in [0.4, 0.5) is 0 Å². The number of rotatable bonds is 4. The molecule has 0 saturated heterocycles. The number of sulfonamides is 1. The monoisotopic (exact) mass is 306 g/mol. The normalized spacial score (nSPS) is 12.3. The summed E-state index contributed by atoms with van der Waals surface area (Å²) in [5.74, 6) is 0.573. The highest BCUT2D eigenvalue weighted by molar-refractivity contribution is 7.89. The van der Waals surface area contributed by atoms with Gasteiger partial charge in [-0.2, -0.15) is 4.31 Å². The molecule has 0 fully saturated rings. The van der Waals surface area contributed by atoms with E-state index in [1.165, 1.54) is 24.0 Å². The minimum Gasteiger partial charge on any atom is -0.345 e. The number of fused-ring (bicyclic) bond motifs is 1. The summed E-state index contributed by atoms with van der Waals surface area (Å²) in [6.45, 7) is 0.153. The highest BCUT2D eigenvalue weighted by atomic mass is 32.2. The van der Waals surface area contributed by atoms with Crippen LogP contribution in [0.1, 0.15) is 5.82 Å². The van der Waals surface area contributed by atoms with E-state index in [2.05, 4.69) is 20.2 Å². The molecule has 110 valence electrons. The van der Waals surface area contributed by atoms with E-state index in [4.69, 9.17) is 0 Å². The van der Waals surface area contributed by atoms with E-state index in [1.807, 2.05) is 0 Å². The maximum Gasteiger partial charge on any atom is 0.243 e. The number of hydrogen-bond donors (Lipinski definition) is 1. The molecule has 0 radical (unpaired) electrons. The van der Waals surface area contributed by atoms with E-state index in [0.29, 0.717) is 11.3 Å². The van der Waals surface area contributed by atoms with Crippen LogP contribution in [0.3, 0.4) is 0 Å². The molecule has 3 rings (SSSR count). The first-order valence-electron chi connectivity index (χ1n) is 6.21. The molecular formula is C12H14N6O2S. The number of aromatic amines is 1. The standard InChI is InChI=1S/C12H14N6O2S/c1-17-8-15-16-12(17)6-18(2)21(19,20)9-3-4-10-11(5-9)14-7-13-10/h3-5,7-8H,6H2,1-2H3,(H,13,14). The molecule has 1 aromatic carbocycles. The van der Waals surface area contributed by atoms with E-state index < -0.39 is 10.0 Å². The second-order valence-electron chi connectivity index (χ2n) is 4.70. The Balaban J connectivity index is 1.93. The van der Waals surface area contributed by atoms with Crippen molar-refractivity contribution in [1.29, 1.82) is 0 Å². The van der Waals surface area contributed by atoms with Crippen molar-refractivity contribution in [3.63, 3.8) is 0 Å². The average molecular weight is 306 g/mol. The summed E-state index contributed by atoms with van der Waals surface area (Å²) in [6.07, 6.45) is 3.07. The van der Waals surface area contributed by atoms with Gasteiger partial charge in [-0.05, 0) is 18.2 Å². The van der Waals surface area contributed by atoms with Crippen LogP contribution >= 0.6 is 0 Å². The summed E-state index contributed by atoms with van der Waals surface area (Å²) < 4.78 is 28.1. The Morgan fingerprint density at radius 1 is 1.38 bits per heavy atom. The molecule has 0 atom stereocenters. The van der Waals surface area contributed by atoms with Gasteiger partial charge in [0, 0.05) is 14.1 Å². The summed E-state index contributed by atoms with van der Waals surface area (Å²) in [5.41, 5.74) is 1.41. The topological polar surface area (TPSA) is 96.8 Å². The lowest BCUT2D eigenvalue weighted by Gasteiger charge is -2.16. The quantitative estimate of drug-likeness (QED) is 0.757. The highest BCUT2D eigenvalue weighted by Gasteiger charge is 2.22. The van der Waals surface area contributed by atoms with Crippen molar-refractivity contribution in [2.45, 2.75) is 11.4 Å². The molecule has 0 spiro atoms. The van der Waals surface area contributed by atoms with Gasteiger partial charge in [-0.15, -0.1) is 10.2 Å². The van der Waals surface area contributed by atoms with Gasteiger partial charge >= 0.3 is 0 Å². The summed E-state index contributed by atoms with van der Waals surface area (Å²) >= 11 is 0. The molecule has 1 N–H and O–H groups in total. The number of aryl methyl sites for hydroxylation is 1. The van der Waals surface area contributed by atoms with Gasteiger partial charge in [-0.25, -0.2) is 13.4 Å². The van der Waals surface area contributed by atoms with E-state index in [0.717, 1.165) is 5.52 Å². The fourth-order valence-corrected chi connectivity index (χ4v) is 3.14. The molecule has 0 saturated carbocycles. The molecule has 2 heterocycles. The number of aromatic nitrogens is 5. The van der Waals surface area contributed by atoms with Gasteiger partial charge in [-0.3, -0.25) is 0 Å². The molecule has 0 aliphatic heterocycles. The largest absolute Gasteiger partial charge is 0.345 e. The lowest BCUT2D eigenvalue weighted by atomic mass is 10.3. The van der Waals surface area contributed by atoms with Crippen molar-refractivity contribution in [1.82, 2.24) is 29.0 Å². The van der Waals surface area contributed by atoms with Crippen molar-refractivity contribution in [2.24, 2.45) is 7.05 Å². The maximum atomic E-state index is 12.6. The van der Waals surface area contributed by atoms with E-state index in [1.54, 1.807) is 29.8 Å².